The maximum atomic E-state index is 11.7. The van der Waals surface area contributed by atoms with Crippen LogP contribution in [0, 0.1) is 0 Å². The monoisotopic (exact) mass is 195 g/mol. The number of furan rings is 1. The normalized spacial score (nSPS) is 22.4. The molecule has 1 aromatic rings. The third-order valence-electron chi connectivity index (χ3n) is 2.42. The molecule has 1 amide bonds. The van der Waals surface area contributed by atoms with Crippen LogP contribution in [0.25, 0.3) is 0 Å². The molecule has 2 rings (SSSR count). The molecule has 14 heavy (non-hydrogen) atoms. The fraction of sp³-hybridized carbons (Fsp3) is 0.500. The van der Waals surface area contributed by atoms with E-state index in [2.05, 4.69) is 0 Å². The molecule has 4 heteroatoms. The van der Waals surface area contributed by atoms with Gasteiger partial charge < -0.3 is 14.4 Å². The predicted molar refractivity (Wildman–Crippen MR) is 49.9 cm³/mol. The van der Waals surface area contributed by atoms with Gasteiger partial charge in [0.1, 0.15) is 0 Å². The van der Waals surface area contributed by atoms with Crippen molar-refractivity contribution in [3.05, 3.63) is 24.2 Å². The predicted octanol–water partition coefficient (Wildman–Crippen LogP) is 0.877. The molecule has 0 aromatic carbocycles. The molecule has 76 valence electrons. The summed E-state index contributed by atoms with van der Waals surface area (Å²) in [5.41, 5.74) is 0. The highest BCUT2D eigenvalue weighted by atomic mass is 16.3. The highest BCUT2D eigenvalue weighted by molar-refractivity contribution is 5.91. The number of hydrogen-bond donors (Lipinski definition) is 1. The van der Waals surface area contributed by atoms with E-state index in [1.54, 1.807) is 17.0 Å². The summed E-state index contributed by atoms with van der Waals surface area (Å²) < 4.78 is 5.01. The van der Waals surface area contributed by atoms with Crippen LogP contribution in [-0.4, -0.2) is 35.1 Å². The van der Waals surface area contributed by atoms with Crippen LogP contribution in [0.2, 0.25) is 0 Å². The molecule has 0 bridgehead atoms. The molecule has 0 saturated carbocycles. The SMILES string of the molecule is O=C(c1ccco1)N1CCC[C@H](O)C1. The van der Waals surface area contributed by atoms with E-state index in [-0.39, 0.29) is 12.0 Å². The Labute approximate surface area is 82.1 Å². The van der Waals surface area contributed by atoms with E-state index in [4.69, 9.17) is 4.42 Å². The van der Waals surface area contributed by atoms with Crippen LogP contribution in [0.4, 0.5) is 0 Å². The largest absolute Gasteiger partial charge is 0.459 e. The Bertz CT molecular complexity index is 307. The van der Waals surface area contributed by atoms with Crippen LogP contribution >= 0.6 is 0 Å². The summed E-state index contributed by atoms with van der Waals surface area (Å²) in [6, 6.07) is 3.33. The smallest absolute Gasteiger partial charge is 0.289 e. The first-order chi connectivity index (χ1) is 6.77. The molecule has 0 unspecified atom stereocenters. The Kier molecular flexibility index (Phi) is 2.54. The summed E-state index contributed by atoms with van der Waals surface area (Å²) in [5, 5.41) is 9.40. The van der Waals surface area contributed by atoms with Gasteiger partial charge in [0.25, 0.3) is 5.91 Å². The van der Waals surface area contributed by atoms with Gasteiger partial charge >= 0.3 is 0 Å². The van der Waals surface area contributed by atoms with Crippen LogP contribution in [0.3, 0.4) is 0 Å². The van der Waals surface area contributed by atoms with Gasteiger partial charge in [-0.25, -0.2) is 0 Å². The minimum Gasteiger partial charge on any atom is -0.459 e. The van der Waals surface area contributed by atoms with Crippen molar-refractivity contribution in [3.63, 3.8) is 0 Å². The Morgan fingerprint density at radius 1 is 1.64 bits per heavy atom. The Morgan fingerprint density at radius 3 is 3.14 bits per heavy atom. The standard InChI is InChI=1S/C10H13NO3/c12-8-3-1-5-11(7-8)10(13)9-4-2-6-14-9/h2,4,6,8,12H,1,3,5,7H2/t8-/m0/s1. The van der Waals surface area contributed by atoms with Crippen molar-refractivity contribution in [1.82, 2.24) is 4.90 Å². The zero-order valence-electron chi connectivity index (χ0n) is 7.85. The van der Waals surface area contributed by atoms with E-state index in [0.29, 0.717) is 18.8 Å². The first-order valence-corrected chi connectivity index (χ1v) is 4.78. The number of hydrogen-bond acceptors (Lipinski definition) is 3. The second-order valence-corrected chi connectivity index (χ2v) is 3.52. The maximum Gasteiger partial charge on any atom is 0.289 e. The summed E-state index contributed by atoms with van der Waals surface area (Å²) >= 11 is 0. The van der Waals surface area contributed by atoms with Crippen molar-refractivity contribution in [1.29, 1.82) is 0 Å². The van der Waals surface area contributed by atoms with Crippen LogP contribution in [0.1, 0.15) is 23.4 Å². The summed E-state index contributed by atoms with van der Waals surface area (Å²) in [7, 11) is 0. The van der Waals surface area contributed by atoms with Crippen molar-refractivity contribution in [2.75, 3.05) is 13.1 Å². The van der Waals surface area contributed by atoms with Crippen molar-refractivity contribution in [2.45, 2.75) is 18.9 Å². The molecule has 1 saturated heterocycles. The summed E-state index contributed by atoms with van der Waals surface area (Å²) in [6.07, 6.45) is 2.73. The molecule has 1 aliphatic rings. The minimum absolute atomic E-state index is 0.131. The second kappa shape index (κ2) is 3.84. The Hall–Kier alpha value is -1.29. The lowest BCUT2D eigenvalue weighted by atomic mass is 10.1. The van der Waals surface area contributed by atoms with Gasteiger partial charge in [0.15, 0.2) is 5.76 Å². The average molecular weight is 195 g/mol. The number of amides is 1. The van der Waals surface area contributed by atoms with E-state index in [9.17, 15) is 9.90 Å². The number of piperidine rings is 1. The van der Waals surface area contributed by atoms with Crippen molar-refractivity contribution < 1.29 is 14.3 Å². The first kappa shape index (κ1) is 9.27. The summed E-state index contributed by atoms with van der Waals surface area (Å²) in [4.78, 5) is 13.4. The van der Waals surface area contributed by atoms with E-state index >= 15 is 0 Å². The second-order valence-electron chi connectivity index (χ2n) is 3.52. The highest BCUT2D eigenvalue weighted by Gasteiger charge is 2.24. The molecule has 0 spiro atoms. The third kappa shape index (κ3) is 1.80. The van der Waals surface area contributed by atoms with Gasteiger partial charge in [-0.15, -0.1) is 0 Å². The molecular weight excluding hydrogens is 182 g/mol. The average Bonchev–Trinajstić information content (AvgIpc) is 2.69. The van der Waals surface area contributed by atoms with Crippen molar-refractivity contribution in [3.8, 4) is 0 Å². The number of aliphatic hydroxyl groups excluding tert-OH is 1. The van der Waals surface area contributed by atoms with Crippen LogP contribution in [-0.2, 0) is 0 Å². The fourth-order valence-electron chi connectivity index (χ4n) is 1.70. The molecule has 1 N–H and O–H groups in total. The lowest BCUT2D eigenvalue weighted by Gasteiger charge is -2.29. The number of aliphatic hydroxyl groups is 1. The molecule has 4 nitrogen and oxygen atoms in total. The van der Waals surface area contributed by atoms with Gasteiger partial charge in [0.2, 0.25) is 0 Å². The summed E-state index contributed by atoms with van der Waals surface area (Å²) in [5.74, 6) is 0.216. The van der Waals surface area contributed by atoms with Crippen molar-refractivity contribution >= 4 is 5.91 Å². The minimum atomic E-state index is -0.386. The third-order valence-corrected chi connectivity index (χ3v) is 2.42. The Morgan fingerprint density at radius 2 is 2.50 bits per heavy atom. The maximum absolute atomic E-state index is 11.7. The van der Waals surface area contributed by atoms with E-state index in [1.165, 1.54) is 6.26 Å². The van der Waals surface area contributed by atoms with Crippen LogP contribution < -0.4 is 0 Å². The molecule has 0 aliphatic carbocycles. The molecule has 0 radical (unpaired) electrons. The number of β-amino-alcohol motifs (C(OH)–C–C–N with tert-alkyl or cyclic N) is 1. The zero-order chi connectivity index (χ0) is 9.97. The molecular formula is C10H13NO3. The molecule has 1 fully saturated rings. The van der Waals surface area contributed by atoms with Crippen molar-refractivity contribution in [2.24, 2.45) is 0 Å². The van der Waals surface area contributed by atoms with Gasteiger partial charge in [-0.2, -0.15) is 0 Å². The molecule has 1 aromatic heterocycles. The molecule has 2 heterocycles. The van der Waals surface area contributed by atoms with E-state index in [0.717, 1.165) is 12.8 Å². The number of rotatable bonds is 1. The van der Waals surface area contributed by atoms with Gasteiger partial charge in [-0.1, -0.05) is 0 Å². The number of likely N-dealkylation sites (tertiary alicyclic amines) is 1. The summed E-state index contributed by atoms with van der Waals surface area (Å²) in [6.45, 7) is 1.12. The zero-order valence-corrected chi connectivity index (χ0v) is 7.85. The lowest BCUT2D eigenvalue weighted by molar-refractivity contribution is 0.0448. The quantitative estimate of drug-likeness (QED) is 0.723. The van der Waals surface area contributed by atoms with Gasteiger partial charge in [-0.3, -0.25) is 4.79 Å². The molecule has 1 atom stereocenters. The first-order valence-electron chi connectivity index (χ1n) is 4.78. The van der Waals surface area contributed by atoms with E-state index in [1.807, 2.05) is 0 Å². The lowest BCUT2D eigenvalue weighted by Crippen LogP contribution is -2.42. The number of carbonyl (C=O) groups excluding carboxylic acids is 1. The fourth-order valence-corrected chi connectivity index (χ4v) is 1.70. The number of nitrogens with zero attached hydrogens (tertiary/aromatic N) is 1. The highest BCUT2D eigenvalue weighted by Crippen LogP contribution is 2.13. The van der Waals surface area contributed by atoms with Gasteiger partial charge in [0.05, 0.1) is 12.4 Å². The van der Waals surface area contributed by atoms with Gasteiger partial charge in [0, 0.05) is 13.1 Å². The van der Waals surface area contributed by atoms with E-state index < -0.39 is 0 Å². The van der Waals surface area contributed by atoms with Crippen LogP contribution in [0.15, 0.2) is 22.8 Å². The van der Waals surface area contributed by atoms with Gasteiger partial charge in [-0.05, 0) is 25.0 Å². The Balaban J connectivity index is 2.04. The molecule has 1 aliphatic heterocycles. The number of carbonyl (C=O) groups is 1. The van der Waals surface area contributed by atoms with Crippen LogP contribution in [0.5, 0.6) is 0 Å². The topological polar surface area (TPSA) is 53.7 Å².